The van der Waals surface area contributed by atoms with Crippen molar-refractivity contribution >= 4 is 5.84 Å². The SMILES string of the molecule is FC1(F)CCC(CC2=NOCN2Cn2ccc(C(F)(F)F)n2)CC1. The fourth-order valence-corrected chi connectivity index (χ4v) is 2.92. The maximum Gasteiger partial charge on any atom is 0.435 e. The van der Waals surface area contributed by atoms with E-state index in [4.69, 9.17) is 4.84 Å². The minimum atomic E-state index is -4.49. The summed E-state index contributed by atoms with van der Waals surface area (Å²) in [5, 5.41) is 7.38. The van der Waals surface area contributed by atoms with Crippen LogP contribution in [0.25, 0.3) is 0 Å². The molecule has 0 radical (unpaired) electrons. The zero-order chi connectivity index (χ0) is 17.4. The largest absolute Gasteiger partial charge is 0.435 e. The number of oxime groups is 1. The van der Waals surface area contributed by atoms with Crippen LogP contribution in [-0.4, -0.2) is 33.2 Å². The Labute approximate surface area is 135 Å². The van der Waals surface area contributed by atoms with Gasteiger partial charge in [-0.2, -0.15) is 18.3 Å². The monoisotopic (exact) mass is 352 g/mol. The molecule has 1 saturated carbocycles. The molecule has 0 amide bonds. The summed E-state index contributed by atoms with van der Waals surface area (Å²) in [7, 11) is 0. The molecule has 1 aromatic heterocycles. The van der Waals surface area contributed by atoms with Gasteiger partial charge in [0.25, 0.3) is 0 Å². The Kier molecular flexibility index (Phi) is 4.39. The van der Waals surface area contributed by atoms with Crippen LogP contribution in [-0.2, 0) is 17.7 Å². The molecule has 2 heterocycles. The van der Waals surface area contributed by atoms with Crippen LogP contribution in [0.5, 0.6) is 0 Å². The summed E-state index contributed by atoms with van der Waals surface area (Å²) < 4.78 is 65.2. The van der Waals surface area contributed by atoms with Crippen LogP contribution in [0, 0.1) is 5.92 Å². The predicted molar refractivity (Wildman–Crippen MR) is 74.0 cm³/mol. The molecule has 2 aliphatic rings. The molecule has 134 valence electrons. The number of nitrogens with zero attached hydrogens (tertiary/aromatic N) is 4. The van der Waals surface area contributed by atoms with Crippen molar-refractivity contribution < 1.29 is 26.8 Å². The van der Waals surface area contributed by atoms with Crippen LogP contribution in [0.4, 0.5) is 22.0 Å². The molecule has 0 aromatic carbocycles. The molecule has 0 spiro atoms. The van der Waals surface area contributed by atoms with E-state index in [1.54, 1.807) is 4.90 Å². The molecular weight excluding hydrogens is 335 g/mol. The number of amidine groups is 1. The van der Waals surface area contributed by atoms with E-state index >= 15 is 0 Å². The summed E-state index contributed by atoms with van der Waals surface area (Å²) in [6, 6.07) is 0.900. The lowest BCUT2D eigenvalue weighted by Gasteiger charge is -2.29. The Morgan fingerprint density at radius 1 is 1.25 bits per heavy atom. The molecule has 1 aliphatic carbocycles. The maximum absolute atomic E-state index is 13.2. The second kappa shape index (κ2) is 6.21. The summed E-state index contributed by atoms with van der Waals surface area (Å²) in [4.78, 5) is 6.65. The summed E-state index contributed by atoms with van der Waals surface area (Å²) in [5.74, 6) is -1.95. The topological polar surface area (TPSA) is 42.6 Å². The van der Waals surface area contributed by atoms with Gasteiger partial charge in [-0.3, -0.25) is 4.68 Å². The first-order valence-corrected chi connectivity index (χ1v) is 7.65. The smallest absolute Gasteiger partial charge is 0.372 e. The second-order valence-corrected chi connectivity index (χ2v) is 6.19. The van der Waals surface area contributed by atoms with E-state index < -0.39 is 17.8 Å². The number of alkyl halides is 5. The van der Waals surface area contributed by atoms with Gasteiger partial charge in [-0.25, -0.2) is 8.78 Å². The van der Waals surface area contributed by atoms with Crippen LogP contribution < -0.4 is 0 Å². The van der Waals surface area contributed by atoms with E-state index in [1.807, 2.05) is 0 Å². The third-order valence-corrected chi connectivity index (χ3v) is 4.30. The van der Waals surface area contributed by atoms with Crippen LogP contribution in [0.1, 0.15) is 37.8 Å². The normalized spacial score (nSPS) is 21.7. The first-order chi connectivity index (χ1) is 11.2. The Morgan fingerprint density at radius 2 is 1.96 bits per heavy atom. The Hall–Kier alpha value is -1.87. The van der Waals surface area contributed by atoms with Crippen molar-refractivity contribution in [3.8, 4) is 0 Å². The number of aromatic nitrogens is 2. The fourth-order valence-electron chi connectivity index (χ4n) is 2.92. The number of hydrogen-bond donors (Lipinski definition) is 0. The molecule has 3 rings (SSSR count). The second-order valence-electron chi connectivity index (χ2n) is 6.19. The molecule has 1 aromatic rings. The first-order valence-electron chi connectivity index (χ1n) is 7.65. The zero-order valence-corrected chi connectivity index (χ0v) is 12.8. The minimum Gasteiger partial charge on any atom is -0.372 e. The van der Waals surface area contributed by atoms with Gasteiger partial charge in [0.15, 0.2) is 12.4 Å². The van der Waals surface area contributed by atoms with Crippen molar-refractivity contribution in [2.24, 2.45) is 11.1 Å². The third-order valence-electron chi connectivity index (χ3n) is 4.30. The van der Waals surface area contributed by atoms with Crippen molar-refractivity contribution in [1.29, 1.82) is 0 Å². The lowest BCUT2D eigenvalue weighted by molar-refractivity contribution is -0.141. The Bertz CT molecular complexity index is 603. The summed E-state index contributed by atoms with van der Waals surface area (Å²) in [6.07, 6.45) is -2.25. The van der Waals surface area contributed by atoms with Crippen molar-refractivity contribution in [3.05, 3.63) is 18.0 Å². The lowest BCUT2D eigenvalue weighted by Crippen LogP contribution is -2.33. The van der Waals surface area contributed by atoms with Gasteiger partial charge in [-0.1, -0.05) is 5.16 Å². The van der Waals surface area contributed by atoms with Crippen molar-refractivity contribution in [2.75, 3.05) is 6.73 Å². The third kappa shape index (κ3) is 3.96. The van der Waals surface area contributed by atoms with E-state index in [-0.39, 0.29) is 32.2 Å². The molecule has 0 bridgehead atoms. The van der Waals surface area contributed by atoms with E-state index in [2.05, 4.69) is 10.3 Å². The molecule has 1 aliphatic heterocycles. The van der Waals surface area contributed by atoms with Crippen molar-refractivity contribution in [1.82, 2.24) is 14.7 Å². The highest BCUT2D eigenvalue weighted by Gasteiger charge is 2.36. The van der Waals surface area contributed by atoms with Gasteiger partial charge in [0.2, 0.25) is 5.92 Å². The maximum atomic E-state index is 13.2. The van der Waals surface area contributed by atoms with Crippen LogP contribution >= 0.6 is 0 Å². The van der Waals surface area contributed by atoms with E-state index in [0.717, 1.165) is 10.7 Å². The number of hydrogen-bond acceptors (Lipinski definition) is 4. The molecular formula is C14H17F5N4O. The molecule has 5 nitrogen and oxygen atoms in total. The van der Waals surface area contributed by atoms with Crippen LogP contribution in [0.2, 0.25) is 0 Å². The average Bonchev–Trinajstić information content (AvgIpc) is 3.11. The van der Waals surface area contributed by atoms with E-state index in [0.29, 0.717) is 25.1 Å². The van der Waals surface area contributed by atoms with Crippen LogP contribution in [0.15, 0.2) is 17.4 Å². The molecule has 10 heteroatoms. The lowest BCUT2D eigenvalue weighted by atomic mass is 9.84. The molecule has 0 atom stereocenters. The Balaban J connectivity index is 1.57. The number of halogens is 5. The molecule has 24 heavy (non-hydrogen) atoms. The molecule has 0 N–H and O–H groups in total. The first kappa shape index (κ1) is 17.0. The molecule has 0 saturated heterocycles. The molecule has 0 unspecified atom stereocenters. The number of rotatable bonds is 4. The fraction of sp³-hybridized carbons (Fsp3) is 0.714. The summed E-state index contributed by atoms with van der Waals surface area (Å²) >= 11 is 0. The standard InChI is InChI=1S/C14H17F5N4O/c15-13(16)4-1-10(2-5-13)7-12-21-24-9-22(12)8-23-6-3-11(20-23)14(17,18)19/h3,6,10H,1-2,4-5,7-9H2. The average molecular weight is 352 g/mol. The van der Waals surface area contributed by atoms with Crippen molar-refractivity contribution in [3.63, 3.8) is 0 Å². The van der Waals surface area contributed by atoms with Gasteiger partial charge in [0.1, 0.15) is 12.5 Å². The van der Waals surface area contributed by atoms with E-state index in [9.17, 15) is 22.0 Å². The Morgan fingerprint density at radius 3 is 2.58 bits per heavy atom. The van der Waals surface area contributed by atoms with Gasteiger partial charge < -0.3 is 9.74 Å². The highest BCUT2D eigenvalue weighted by Crippen LogP contribution is 2.38. The van der Waals surface area contributed by atoms with Gasteiger partial charge in [0.05, 0.1) is 0 Å². The minimum absolute atomic E-state index is 0.0673. The van der Waals surface area contributed by atoms with Gasteiger partial charge >= 0.3 is 6.18 Å². The predicted octanol–water partition coefficient (Wildman–Crippen LogP) is 3.68. The van der Waals surface area contributed by atoms with Gasteiger partial charge in [-0.05, 0) is 24.8 Å². The summed E-state index contributed by atoms with van der Waals surface area (Å²) in [5.41, 5.74) is -0.962. The van der Waals surface area contributed by atoms with Gasteiger partial charge in [0, 0.05) is 25.5 Å². The van der Waals surface area contributed by atoms with Crippen LogP contribution in [0.3, 0.4) is 0 Å². The van der Waals surface area contributed by atoms with Gasteiger partial charge in [-0.15, -0.1) is 0 Å². The highest BCUT2D eigenvalue weighted by atomic mass is 19.4. The quantitative estimate of drug-likeness (QED) is 0.777. The highest BCUT2D eigenvalue weighted by molar-refractivity contribution is 5.82. The summed E-state index contributed by atoms with van der Waals surface area (Å²) in [6.45, 7) is 0.178. The molecule has 1 fully saturated rings. The zero-order valence-electron chi connectivity index (χ0n) is 12.8. The van der Waals surface area contributed by atoms with Crippen molar-refractivity contribution in [2.45, 2.75) is 50.9 Å². The van der Waals surface area contributed by atoms with E-state index in [1.165, 1.54) is 6.20 Å².